The Labute approximate surface area is 111 Å². The molecular formula is C14H14N2OS. The molecule has 1 N–H and O–H groups in total. The number of hydrogen-bond acceptors (Lipinski definition) is 3. The molecule has 0 amide bonds. The number of rotatable bonds is 1. The summed E-state index contributed by atoms with van der Waals surface area (Å²) in [6, 6.07) is 8.22. The second kappa shape index (κ2) is 4.53. The van der Waals surface area contributed by atoms with Crippen LogP contribution in [0.5, 0.6) is 5.75 Å². The summed E-state index contributed by atoms with van der Waals surface area (Å²) in [4.78, 5) is 7.41. The zero-order valence-electron chi connectivity index (χ0n) is 10.2. The van der Waals surface area contributed by atoms with E-state index in [9.17, 15) is 0 Å². The van der Waals surface area contributed by atoms with Gasteiger partial charge in [0.15, 0.2) is 4.77 Å². The molecule has 2 heterocycles. The van der Waals surface area contributed by atoms with Gasteiger partial charge in [-0.2, -0.15) is 0 Å². The number of benzene rings is 1. The standard InChI is InChI=1S/C14H14N2OS/c1-9-8-12(16-14(18)15-9)11-6-2-4-10-5-3-7-17-13(10)11/h2,4,6,8H,3,5,7H2,1H3,(H,15,16,18). The Morgan fingerprint density at radius 2 is 2.28 bits per heavy atom. The zero-order valence-corrected chi connectivity index (χ0v) is 11.0. The van der Waals surface area contributed by atoms with Crippen molar-refractivity contribution in [1.29, 1.82) is 0 Å². The van der Waals surface area contributed by atoms with Crippen LogP contribution in [0.2, 0.25) is 0 Å². The van der Waals surface area contributed by atoms with Gasteiger partial charge >= 0.3 is 0 Å². The van der Waals surface area contributed by atoms with E-state index < -0.39 is 0 Å². The fourth-order valence-corrected chi connectivity index (χ4v) is 2.57. The van der Waals surface area contributed by atoms with Crippen LogP contribution in [0.4, 0.5) is 0 Å². The molecule has 0 saturated heterocycles. The quantitative estimate of drug-likeness (QED) is 0.796. The Morgan fingerprint density at radius 1 is 1.39 bits per heavy atom. The van der Waals surface area contributed by atoms with E-state index >= 15 is 0 Å². The molecule has 0 atom stereocenters. The van der Waals surface area contributed by atoms with Gasteiger partial charge in [0.1, 0.15) is 5.75 Å². The molecule has 18 heavy (non-hydrogen) atoms. The molecule has 0 aliphatic carbocycles. The van der Waals surface area contributed by atoms with Crippen LogP contribution in [0.1, 0.15) is 17.7 Å². The zero-order chi connectivity index (χ0) is 12.5. The third-order valence-corrected chi connectivity index (χ3v) is 3.28. The van der Waals surface area contributed by atoms with Crippen LogP contribution in [0.15, 0.2) is 24.3 Å². The number of para-hydroxylation sites is 1. The van der Waals surface area contributed by atoms with E-state index in [-0.39, 0.29) is 0 Å². The SMILES string of the molecule is Cc1cc(-c2cccc3c2OCCC3)nc(=S)[nH]1. The van der Waals surface area contributed by atoms with E-state index in [2.05, 4.69) is 22.1 Å². The van der Waals surface area contributed by atoms with E-state index in [0.29, 0.717) is 4.77 Å². The van der Waals surface area contributed by atoms with Gasteiger partial charge in [0.05, 0.1) is 12.3 Å². The van der Waals surface area contributed by atoms with Gasteiger partial charge in [0.25, 0.3) is 0 Å². The summed E-state index contributed by atoms with van der Waals surface area (Å²) in [7, 11) is 0. The van der Waals surface area contributed by atoms with Gasteiger partial charge in [-0.3, -0.25) is 0 Å². The summed E-state index contributed by atoms with van der Waals surface area (Å²) in [5.74, 6) is 0.969. The molecule has 0 radical (unpaired) electrons. The molecule has 0 bridgehead atoms. The summed E-state index contributed by atoms with van der Waals surface area (Å²) in [5, 5.41) is 0. The molecule has 3 nitrogen and oxygen atoms in total. The van der Waals surface area contributed by atoms with Crippen molar-refractivity contribution in [2.75, 3.05) is 6.61 Å². The molecule has 0 saturated carbocycles. The van der Waals surface area contributed by atoms with Crippen molar-refractivity contribution in [3.05, 3.63) is 40.3 Å². The Kier molecular flexibility index (Phi) is 2.88. The number of aromatic nitrogens is 2. The fraction of sp³-hybridized carbons (Fsp3) is 0.286. The third kappa shape index (κ3) is 2.04. The predicted molar refractivity (Wildman–Crippen MR) is 73.4 cm³/mol. The summed E-state index contributed by atoms with van der Waals surface area (Å²) in [5.41, 5.74) is 4.20. The van der Waals surface area contributed by atoms with Gasteiger partial charge < -0.3 is 9.72 Å². The molecule has 4 heteroatoms. The Hall–Kier alpha value is -1.68. The monoisotopic (exact) mass is 258 g/mol. The maximum atomic E-state index is 5.80. The van der Waals surface area contributed by atoms with Crippen LogP contribution in [-0.2, 0) is 6.42 Å². The maximum absolute atomic E-state index is 5.80. The molecular weight excluding hydrogens is 244 g/mol. The molecule has 0 unspecified atom stereocenters. The summed E-state index contributed by atoms with van der Waals surface area (Å²) >= 11 is 5.13. The molecule has 1 aliphatic rings. The lowest BCUT2D eigenvalue weighted by atomic mass is 10.0. The summed E-state index contributed by atoms with van der Waals surface area (Å²) in [6.07, 6.45) is 2.15. The van der Waals surface area contributed by atoms with E-state index in [1.54, 1.807) is 0 Å². The second-order valence-electron chi connectivity index (χ2n) is 4.50. The second-order valence-corrected chi connectivity index (χ2v) is 4.89. The lowest BCUT2D eigenvalue weighted by Gasteiger charge is -2.20. The van der Waals surface area contributed by atoms with Gasteiger partial charge in [0.2, 0.25) is 0 Å². The number of fused-ring (bicyclic) bond motifs is 1. The Morgan fingerprint density at radius 3 is 3.11 bits per heavy atom. The van der Waals surface area contributed by atoms with E-state index in [1.165, 1.54) is 5.56 Å². The minimum Gasteiger partial charge on any atom is -0.493 e. The van der Waals surface area contributed by atoms with Crippen molar-refractivity contribution in [3.63, 3.8) is 0 Å². The number of nitrogens with zero attached hydrogens (tertiary/aromatic N) is 1. The highest BCUT2D eigenvalue weighted by Crippen LogP contribution is 2.35. The summed E-state index contributed by atoms with van der Waals surface area (Å²) < 4.78 is 6.32. The molecule has 2 aromatic rings. The Bertz CT molecular complexity index is 648. The molecule has 1 aliphatic heterocycles. The molecule has 1 aromatic carbocycles. The Balaban J connectivity index is 2.19. The molecule has 1 aromatic heterocycles. The van der Waals surface area contributed by atoms with E-state index in [4.69, 9.17) is 17.0 Å². The van der Waals surface area contributed by atoms with Gasteiger partial charge in [0, 0.05) is 11.3 Å². The topological polar surface area (TPSA) is 37.9 Å². The van der Waals surface area contributed by atoms with Crippen molar-refractivity contribution in [3.8, 4) is 17.0 Å². The average Bonchev–Trinajstić information content (AvgIpc) is 2.37. The maximum Gasteiger partial charge on any atom is 0.197 e. The van der Waals surface area contributed by atoms with E-state index in [0.717, 1.165) is 42.1 Å². The van der Waals surface area contributed by atoms with Gasteiger partial charge in [-0.05, 0) is 49.7 Å². The molecule has 0 spiro atoms. The van der Waals surface area contributed by atoms with Crippen molar-refractivity contribution in [1.82, 2.24) is 9.97 Å². The molecule has 92 valence electrons. The van der Waals surface area contributed by atoms with Crippen molar-refractivity contribution < 1.29 is 4.74 Å². The predicted octanol–water partition coefficient (Wildman–Crippen LogP) is 3.44. The van der Waals surface area contributed by atoms with Crippen LogP contribution >= 0.6 is 12.2 Å². The lowest BCUT2D eigenvalue weighted by molar-refractivity contribution is 0.289. The first kappa shape index (κ1) is 11.4. The number of H-pyrrole nitrogens is 1. The minimum absolute atomic E-state index is 0.512. The largest absolute Gasteiger partial charge is 0.493 e. The normalized spacial score (nSPS) is 13.8. The number of nitrogens with one attached hydrogen (secondary N) is 1. The van der Waals surface area contributed by atoms with Crippen LogP contribution in [0.25, 0.3) is 11.3 Å². The number of ether oxygens (including phenoxy) is 1. The fourth-order valence-electron chi connectivity index (χ4n) is 2.31. The van der Waals surface area contributed by atoms with Crippen molar-refractivity contribution >= 4 is 12.2 Å². The summed E-state index contributed by atoms with van der Waals surface area (Å²) in [6.45, 7) is 2.76. The minimum atomic E-state index is 0.512. The lowest BCUT2D eigenvalue weighted by Crippen LogP contribution is -2.09. The first-order valence-electron chi connectivity index (χ1n) is 6.07. The number of aryl methyl sites for hydroxylation is 2. The average molecular weight is 258 g/mol. The number of hydrogen-bond donors (Lipinski definition) is 1. The highest BCUT2D eigenvalue weighted by Gasteiger charge is 2.16. The first-order chi connectivity index (χ1) is 8.74. The third-order valence-electron chi connectivity index (χ3n) is 3.09. The van der Waals surface area contributed by atoms with Crippen LogP contribution < -0.4 is 4.74 Å². The van der Waals surface area contributed by atoms with Crippen molar-refractivity contribution in [2.24, 2.45) is 0 Å². The number of aromatic amines is 1. The van der Waals surface area contributed by atoms with Crippen LogP contribution in [0.3, 0.4) is 0 Å². The first-order valence-corrected chi connectivity index (χ1v) is 6.48. The van der Waals surface area contributed by atoms with Gasteiger partial charge in [-0.1, -0.05) is 12.1 Å². The van der Waals surface area contributed by atoms with Crippen LogP contribution in [-0.4, -0.2) is 16.6 Å². The van der Waals surface area contributed by atoms with Crippen LogP contribution in [0, 0.1) is 11.7 Å². The van der Waals surface area contributed by atoms with Gasteiger partial charge in [-0.25, -0.2) is 4.98 Å². The highest BCUT2D eigenvalue weighted by molar-refractivity contribution is 7.71. The van der Waals surface area contributed by atoms with E-state index in [1.807, 2.05) is 19.1 Å². The van der Waals surface area contributed by atoms with Crippen molar-refractivity contribution in [2.45, 2.75) is 19.8 Å². The molecule has 0 fully saturated rings. The highest BCUT2D eigenvalue weighted by atomic mass is 32.1. The van der Waals surface area contributed by atoms with Gasteiger partial charge in [-0.15, -0.1) is 0 Å². The smallest absolute Gasteiger partial charge is 0.197 e. The molecule has 3 rings (SSSR count).